The summed E-state index contributed by atoms with van der Waals surface area (Å²) in [5, 5.41) is 42.7. The molecule has 5 nitrogen and oxygen atoms in total. The van der Waals surface area contributed by atoms with Crippen molar-refractivity contribution in [3.05, 3.63) is 39.8 Å². The van der Waals surface area contributed by atoms with Crippen LogP contribution in [0.2, 0.25) is 0 Å². The van der Waals surface area contributed by atoms with E-state index in [0.717, 1.165) is 23.3 Å². The van der Waals surface area contributed by atoms with Gasteiger partial charge in [-0.2, -0.15) is 0 Å². The first-order valence-corrected chi connectivity index (χ1v) is 11.4. The lowest BCUT2D eigenvalue weighted by molar-refractivity contribution is -0.184. The summed E-state index contributed by atoms with van der Waals surface area (Å²) in [5.74, 6) is -2.47. The third-order valence-electron chi connectivity index (χ3n) is 5.99. The first-order chi connectivity index (χ1) is 13.8. The van der Waals surface area contributed by atoms with Crippen LogP contribution in [0.1, 0.15) is 69.1 Å². The van der Waals surface area contributed by atoms with Crippen LogP contribution in [0, 0.1) is 11.8 Å². The minimum atomic E-state index is -2.30. The Labute approximate surface area is 177 Å². The van der Waals surface area contributed by atoms with E-state index in [9.17, 15) is 25.2 Å². The summed E-state index contributed by atoms with van der Waals surface area (Å²) < 4.78 is 0. The number of carboxylic acids is 1. The SMILES string of the molecule is C/C=C\C[C@@H](O)C(O)(C(=O)O)C1CCC[C@@H]1/C(O)=C(/CCC)c1ccc(CC)s1. The van der Waals surface area contributed by atoms with Gasteiger partial charge >= 0.3 is 5.97 Å². The molecule has 0 saturated heterocycles. The number of aliphatic hydroxyl groups excluding tert-OH is 2. The van der Waals surface area contributed by atoms with Crippen LogP contribution in [-0.4, -0.2) is 38.1 Å². The molecule has 1 fully saturated rings. The van der Waals surface area contributed by atoms with E-state index in [2.05, 4.69) is 13.0 Å². The van der Waals surface area contributed by atoms with E-state index >= 15 is 0 Å². The van der Waals surface area contributed by atoms with Gasteiger partial charge in [0.15, 0.2) is 5.60 Å². The van der Waals surface area contributed by atoms with Crippen LogP contribution < -0.4 is 0 Å². The summed E-state index contributed by atoms with van der Waals surface area (Å²) in [6.45, 7) is 5.91. The fourth-order valence-electron chi connectivity index (χ4n) is 4.39. The summed E-state index contributed by atoms with van der Waals surface area (Å²) in [5.41, 5.74) is -1.46. The lowest BCUT2D eigenvalue weighted by atomic mass is 9.74. The quantitative estimate of drug-likeness (QED) is 0.316. The summed E-state index contributed by atoms with van der Waals surface area (Å²) in [6, 6.07) is 4.07. The minimum absolute atomic E-state index is 0.0552. The number of thiophene rings is 1. The maximum Gasteiger partial charge on any atom is 0.338 e. The highest BCUT2D eigenvalue weighted by Crippen LogP contribution is 2.47. The highest BCUT2D eigenvalue weighted by atomic mass is 32.1. The van der Waals surface area contributed by atoms with E-state index in [-0.39, 0.29) is 12.2 Å². The van der Waals surface area contributed by atoms with Gasteiger partial charge in [0.05, 0.1) is 6.10 Å². The van der Waals surface area contributed by atoms with Gasteiger partial charge in [-0.15, -0.1) is 11.3 Å². The molecule has 2 rings (SSSR count). The van der Waals surface area contributed by atoms with Crippen LogP contribution >= 0.6 is 11.3 Å². The largest absolute Gasteiger partial charge is 0.512 e. The molecule has 162 valence electrons. The minimum Gasteiger partial charge on any atom is -0.512 e. The van der Waals surface area contributed by atoms with Crippen molar-refractivity contribution in [1.29, 1.82) is 0 Å². The normalized spacial score (nSPS) is 23.8. The van der Waals surface area contributed by atoms with Gasteiger partial charge in [-0.3, -0.25) is 0 Å². The molecule has 1 saturated carbocycles. The summed E-state index contributed by atoms with van der Waals surface area (Å²) in [4.78, 5) is 14.3. The molecule has 4 atom stereocenters. The van der Waals surface area contributed by atoms with Crippen molar-refractivity contribution >= 4 is 22.9 Å². The standard InChI is InChI=1S/C23H34O5S/c1-4-7-12-20(24)23(28,22(26)27)18-11-8-10-16(18)21(25)17(9-5-2)19-14-13-15(6-3)29-19/h4,7,13-14,16,18,20,24-25,28H,5-6,8-12H2,1-3H3,(H,26,27)/b7-4-,21-17+/t16-,18?,20+,23?/m0/s1. The van der Waals surface area contributed by atoms with Gasteiger partial charge < -0.3 is 20.4 Å². The maximum atomic E-state index is 12.1. The van der Waals surface area contributed by atoms with Crippen molar-refractivity contribution < 1.29 is 25.2 Å². The second-order valence-electron chi connectivity index (χ2n) is 7.83. The lowest BCUT2D eigenvalue weighted by Gasteiger charge is -2.37. The first-order valence-electron chi connectivity index (χ1n) is 10.6. The Hall–Kier alpha value is -1.63. The van der Waals surface area contributed by atoms with E-state index in [1.807, 2.05) is 13.0 Å². The zero-order chi connectivity index (χ0) is 21.6. The van der Waals surface area contributed by atoms with E-state index in [4.69, 9.17) is 0 Å². The van der Waals surface area contributed by atoms with Crippen molar-refractivity contribution in [2.24, 2.45) is 11.8 Å². The van der Waals surface area contributed by atoms with E-state index in [1.165, 1.54) is 4.88 Å². The number of hydrogen-bond acceptors (Lipinski definition) is 5. The highest BCUT2D eigenvalue weighted by molar-refractivity contribution is 7.13. The van der Waals surface area contributed by atoms with E-state index in [0.29, 0.717) is 25.7 Å². The number of hydrogen-bond donors (Lipinski definition) is 4. The molecule has 1 aromatic rings. The Kier molecular flexibility index (Phi) is 8.49. The smallest absolute Gasteiger partial charge is 0.338 e. The molecule has 0 radical (unpaired) electrons. The molecule has 1 aliphatic rings. The van der Waals surface area contributed by atoms with Crippen molar-refractivity contribution in [3.8, 4) is 0 Å². The predicted molar refractivity (Wildman–Crippen MR) is 117 cm³/mol. The van der Waals surface area contributed by atoms with Gasteiger partial charge in [0.25, 0.3) is 0 Å². The van der Waals surface area contributed by atoms with Crippen LogP contribution in [0.5, 0.6) is 0 Å². The number of rotatable bonds is 10. The van der Waals surface area contributed by atoms with Crippen molar-refractivity contribution in [3.63, 3.8) is 0 Å². The first kappa shape index (κ1) is 23.6. The summed E-state index contributed by atoms with van der Waals surface area (Å²) >= 11 is 1.65. The van der Waals surface area contributed by atoms with Crippen LogP contribution in [0.25, 0.3) is 5.57 Å². The third kappa shape index (κ3) is 4.93. The number of carbonyl (C=O) groups is 1. The zero-order valence-corrected chi connectivity index (χ0v) is 18.4. The molecule has 0 bridgehead atoms. The van der Waals surface area contributed by atoms with E-state index in [1.54, 1.807) is 30.4 Å². The average molecular weight is 423 g/mol. The van der Waals surface area contributed by atoms with Crippen LogP contribution in [0.15, 0.2) is 30.0 Å². The average Bonchev–Trinajstić information content (AvgIpc) is 3.38. The third-order valence-corrected chi connectivity index (χ3v) is 7.28. The maximum absolute atomic E-state index is 12.1. The fourth-order valence-corrected chi connectivity index (χ4v) is 5.42. The molecule has 0 aliphatic heterocycles. The molecule has 29 heavy (non-hydrogen) atoms. The molecular formula is C23H34O5S. The van der Waals surface area contributed by atoms with Crippen LogP contribution in [-0.2, 0) is 11.2 Å². The molecule has 4 N–H and O–H groups in total. The van der Waals surface area contributed by atoms with Gasteiger partial charge in [0.2, 0.25) is 0 Å². The number of aliphatic carboxylic acids is 1. The number of aliphatic hydroxyl groups is 3. The Morgan fingerprint density at radius 3 is 2.59 bits per heavy atom. The summed E-state index contributed by atoms with van der Waals surface area (Å²) in [6.07, 6.45) is 6.21. The van der Waals surface area contributed by atoms with Gasteiger partial charge in [-0.05, 0) is 51.2 Å². The van der Waals surface area contributed by atoms with Gasteiger partial charge in [0, 0.05) is 27.2 Å². The van der Waals surface area contributed by atoms with Gasteiger partial charge in [0.1, 0.15) is 5.76 Å². The highest BCUT2D eigenvalue weighted by Gasteiger charge is 2.55. The monoisotopic (exact) mass is 422 g/mol. The Balaban J connectivity index is 2.46. The fraction of sp³-hybridized carbons (Fsp3) is 0.609. The topological polar surface area (TPSA) is 98.0 Å². The second kappa shape index (κ2) is 10.4. The number of allylic oxidation sites excluding steroid dienone is 3. The van der Waals surface area contributed by atoms with Crippen LogP contribution in [0.4, 0.5) is 0 Å². The lowest BCUT2D eigenvalue weighted by Crippen LogP contribution is -2.56. The van der Waals surface area contributed by atoms with Crippen molar-refractivity contribution in [1.82, 2.24) is 0 Å². The van der Waals surface area contributed by atoms with Crippen molar-refractivity contribution in [2.45, 2.75) is 77.4 Å². The van der Waals surface area contributed by atoms with E-state index < -0.39 is 29.5 Å². The summed E-state index contributed by atoms with van der Waals surface area (Å²) in [7, 11) is 0. The van der Waals surface area contributed by atoms with Gasteiger partial charge in [-0.25, -0.2) is 4.79 Å². The number of aryl methyl sites for hydroxylation is 1. The molecule has 1 aromatic heterocycles. The molecule has 1 heterocycles. The molecule has 0 aromatic carbocycles. The zero-order valence-electron chi connectivity index (χ0n) is 17.6. The Bertz CT molecular complexity index is 750. The number of carboxylic acid groups (broad SMARTS) is 1. The Morgan fingerprint density at radius 1 is 1.31 bits per heavy atom. The van der Waals surface area contributed by atoms with Gasteiger partial charge in [-0.1, -0.05) is 38.8 Å². The molecule has 1 aliphatic carbocycles. The predicted octanol–water partition coefficient (Wildman–Crippen LogP) is 4.94. The van der Waals surface area contributed by atoms with Crippen LogP contribution in [0.3, 0.4) is 0 Å². The molecule has 2 unspecified atom stereocenters. The molecular weight excluding hydrogens is 388 g/mol. The molecule has 0 amide bonds. The molecule has 6 heteroatoms. The molecule has 0 spiro atoms. The second-order valence-corrected chi connectivity index (χ2v) is 9.00. The Morgan fingerprint density at radius 2 is 2.03 bits per heavy atom. The van der Waals surface area contributed by atoms with Crippen molar-refractivity contribution in [2.75, 3.05) is 0 Å².